The van der Waals surface area contributed by atoms with Gasteiger partial charge in [-0.3, -0.25) is 0 Å². The number of carbonyl (C=O) groups is 1. The van der Waals surface area contributed by atoms with Gasteiger partial charge in [-0.15, -0.1) is 11.3 Å². The molecule has 17 heavy (non-hydrogen) atoms. The molecule has 2 aromatic rings. The summed E-state index contributed by atoms with van der Waals surface area (Å²) in [5.41, 5.74) is 2.54. The molecule has 0 saturated carbocycles. The van der Waals surface area contributed by atoms with Crippen LogP contribution in [0.15, 0.2) is 24.3 Å². The molecule has 0 spiro atoms. The molecule has 0 bridgehead atoms. The zero-order valence-electron chi connectivity index (χ0n) is 9.44. The normalized spacial score (nSPS) is 10.2. The molecule has 1 aromatic carbocycles. The first-order valence-electron chi connectivity index (χ1n) is 5.00. The number of aromatic amines is 1. The van der Waals surface area contributed by atoms with Crippen LogP contribution in [0.2, 0.25) is 0 Å². The number of carbonyl (C=O) groups excluding carboxylic acids is 1. The molecule has 0 aliphatic rings. The molecule has 2 rings (SSSR count). The smallest absolute Gasteiger partial charge is 0.356 e. The lowest BCUT2D eigenvalue weighted by Crippen LogP contribution is -2.03. The van der Waals surface area contributed by atoms with Crippen LogP contribution in [0.25, 0.3) is 10.4 Å². The summed E-state index contributed by atoms with van der Waals surface area (Å²) in [6.07, 6.45) is 0. The number of methoxy groups -OCH3 is 1. The molecule has 0 aliphatic carbocycles. The van der Waals surface area contributed by atoms with Crippen LogP contribution in [-0.2, 0) is 4.74 Å². The van der Waals surface area contributed by atoms with Gasteiger partial charge < -0.3 is 9.72 Å². The van der Waals surface area contributed by atoms with E-state index < -0.39 is 5.97 Å². The number of rotatable bonds is 2. The van der Waals surface area contributed by atoms with Crippen LogP contribution < -0.4 is 0 Å². The lowest BCUT2D eigenvalue weighted by atomic mass is 10.1. The number of hydrogen-bond acceptors (Lipinski definition) is 4. The summed E-state index contributed by atoms with van der Waals surface area (Å²) in [6, 6.07) is 7.93. The first-order valence-corrected chi connectivity index (χ1v) is 6.22. The molecule has 88 valence electrons. The SMILES string of the molecule is COC(=O)c1[nH]c(=S)sc1-c1cccc(C)c1. The van der Waals surface area contributed by atoms with Gasteiger partial charge in [0.05, 0.1) is 12.0 Å². The molecule has 3 nitrogen and oxygen atoms in total. The van der Waals surface area contributed by atoms with E-state index >= 15 is 0 Å². The molecule has 0 fully saturated rings. The molecule has 0 unspecified atom stereocenters. The predicted molar refractivity (Wildman–Crippen MR) is 71.0 cm³/mol. The van der Waals surface area contributed by atoms with E-state index in [0.717, 1.165) is 16.0 Å². The van der Waals surface area contributed by atoms with Crippen LogP contribution in [0.1, 0.15) is 16.1 Å². The Bertz CT molecular complexity index is 613. The molecule has 5 heteroatoms. The largest absolute Gasteiger partial charge is 0.464 e. The molecular formula is C12H11NO2S2. The highest BCUT2D eigenvalue weighted by atomic mass is 32.1. The second-order valence-corrected chi connectivity index (χ2v) is 5.27. The van der Waals surface area contributed by atoms with Crippen LogP contribution in [0.4, 0.5) is 0 Å². The van der Waals surface area contributed by atoms with Gasteiger partial charge in [0.2, 0.25) is 0 Å². The van der Waals surface area contributed by atoms with Crippen molar-refractivity contribution in [1.82, 2.24) is 4.98 Å². The van der Waals surface area contributed by atoms with E-state index in [2.05, 4.69) is 4.98 Å². The van der Waals surface area contributed by atoms with Crippen molar-refractivity contribution in [2.75, 3.05) is 7.11 Å². The van der Waals surface area contributed by atoms with E-state index in [9.17, 15) is 4.79 Å². The van der Waals surface area contributed by atoms with Gasteiger partial charge in [0, 0.05) is 0 Å². The van der Waals surface area contributed by atoms with Crippen molar-refractivity contribution in [3.8, 4) is 10.4 Å². The summed E-state index contributed by atoms with van der Waals surface area (Å²) in [4.78, 5) is 15.3. The van der Waals surface area contributed by atoms with Gasteiger partial charge >= 0.3 is 5.97 Å². The third-order valence-electron chi connectivity index (χ3n) is 2.32. The minimum Gasteiger partial charge on any atom is -0.464 e. The second kappa shape index (κ2) is 4.81. The van der Waals surface area contributed by atoms with E-state index in [1.807, 2.05) is 31.2 Å². The van der Waals surface area contributed by atoms with Crippen molar-refractivity contribution in [3.05, 3.63) is 39.5 Å². The van der Waals surface area contributed by atoms with E-state index in [1.165, 1.54) is 18.4 Å². The standard InChI is InChI=1S/C12H11NO2S2/c1-7-4-3-5-8(6-7)10-9(11(14)15-2)13-12(16)17-10/h3-6H,1-2H3,(H,13,16). The van der Waals surface area contributed by atoms with Gasteiger partial charge in [0.25, 0.3) is 0 Å². The molecule has 0 atom stereocenters. The molecule has 1 aromatic heterocycles. The van der Waals surface area contributed by atoms with Crippen LogP contribution >= 0.6 is 23.6 Å². The highest BCUT2D eigenvalue weighted by Crippen LogP contribution is 2.29. The number of benzene rings is 1. The predicted octanol–water partition coefficient (Wildman–Crippen LogP) is 3.57. The van der Waals surface area contributed by atoms with Gasteiger partial charge in [-0.1, -0.05) is 29.8 Å². The van der Waals surface area contributed by atoms with Gasteiger partial charge in [0.1, 0.15) is 5.69 Å². The van der Waals surface area contributed by atoms with Gasteiger partial charge in [-0.2, -0.15) is 0 Å². The third kappa shape index (κ3) is 2.45. The van der Waals surface area contributed by atoms with Crippen molar-refractivity contribution >= 4 is 29.5 Å². The summed E-state index contributed by atoms with van der Waals surface area (Å²) in [6.45, 7) is 2.01. The van der Waals surface area contributed by atoms with Crippen molar-refractivity contribution in [2.45, 2.75) is 6.92 Å². The minimum absolute atomic E-state index is 0.395. The fraction of sp³-hybridized carbons (Fsp3) is 0.167. The molecular weight excluding hydrogens is 254 g/mol. The Morgan fingerprint density at radius 1 is 1.47 bits per heavy atom. The van der Waals surface area contributed by atoms with Crippen molar-refractivity contribution in [1.29, 1.82) is 0 Å². The third-order valence-corrected chi connectivity index (χ3v) is 3.60. The summed E-state index contributed by atoms with van der Waals surface area (Å²) < 4.78 is 5.30. The van der Waals surface area contributed by atoms with E-state index in [1.54, 1.807) is 0 Å². The summed E-state index contributed by atoms with van der Waals surface area (Å²) in [5, 5.41) is 0. The number of ether oxygens (including phenoxy) is 1. The first kappa shape index (κ1) is 12.0. The average molecular weight is 265 g/mol. The Morgan fingerprint density at radius 2 is 2.24 bits per heavy atom. The Morgan fingerprint density at radius 3 is 2.88 bits per heavy atom. The molecule has 0 radical (unpaired) electrons. The van der Waals surface area contributed by atoms with Crippen LogP contribution in [0.5, 0.6) is 0 Å². The number of thiazole rings is 1. The number of nitrogens with one attached hydrogen (secondary N) is 1. The number of H-pyrrole nitrogens is 1. The number of aromatic nitrogens is 1. The Hall–Kier alpha value is -1.46. The Balaban J connectivity index is 2.59. The monoisotopic (exact) mass is 265 g/mol. The summed E-state index contributed by atoms with van der Waals surface area (Å²) in [7, 11) is 1.36. The van der Waals surface area contributed by atoms with Crippen LogP contribution in [0, 0.1) is 10.9 Å². The zero-order valence-corrected chi connectivity index (χ0v) is 11.1. The number of hydrogen-bond donors (Lipinski definition) is 1. The van der Waals surface area contributed by atoms with Crippen molar-refractivity contribution < 1.29 is 9.53 Å². The van der Waals surface area contributed by atoms with E-state index in [0.29, 0.717) is 9.65 Å². The summed E-state index contributed by atoms with van der Waals surface area (Å²) in [5.74, 6) is -0.395. The van der Waals surface area contributed by atoms with E-state index in [-0.39, 0.29) is 0 Å². The molecule has 0 amide bonds. The highest BCUT2D eigenvalue weighted by Gasteiger charge is 2.16. The lowest BCUT2D eigenvalue weighted by molar-refractivity contribution is 0.0595. The maximum Gasteiger partial charge on any atom is 0.356 e. The zero-order chi connectivity index (χ0) is 12.4. The Labute approximate surface area is 108 Å². The molecule has 1 N–H and O–H groups in total. The average Bonchev–Trinajstić information content (AvgIpc) is 2.70. The van der Waals surface area contributed by atoms with Gasteiger partial charge in [-0.25, -0.2) is 4.79 Å². The maximum atomic E-state index is 11.6. The lowest BCUT2D eigenvalue weighted by Gasteiger charge is -2.02. The molecule has 0 aliphatic heterocycles. The van der Waals surface area contributed by atoms with Gasteiger partial charge in [-0.05, 0) is 24.7 Å². The maximum absolute atomic E-state index is 11.6. The number of esters is 1. The number of aryl methyl sites for hydroxylation is 1. The quantitative estimate of drug-likeness (QED) is 0.666. The molecule has 1 heterocycles. The fourth-order valence-corrected chi connectivity index (χ4v) is 2.74. The van der Waals surface area contributed by atoms with Crippen molar-refractivity contribution in [2.24, 2.45) is 0 Å². The summed E-state index contributed by atoms with van der Waals surface area (Å²) >= 11 is 6.45. The fourth-order valence-electron chi connectivity index (χ4n) is 1.56. The van der Waals surface area contributed by atoms with Crippen molar-refractivity contribution in [3.63, 3.8) is 0 Å². The van der Waals surface area contributed by atoms with Crippen LogP contribution in [-0.4, -0.2) is 18.1 Å². The van der Waals surface area contributed by atoms with Crippen LogP contribution in [0.3, 0.4) is 0 Å². The second-order valence-electron chi connectivity index (χ2n) is 3.58. The first-order chi connectivity index (χ1) is 8.11. The Kier molecular flexibility index (Phi) is 3.40. The van der Waals surface area contributed by atoms with Gasteiger partial charge in [0.15, 0.2) is 3.95 Å². The highest BCUT2D eigenvalue weighted by molar-refractivity contribution is 7.73. The minimum atomic E-state index is -0.395. The molecule has 0 saturated heterocycles. The van der Waals surface area contributed by atoms with E-state index in [4.69, 9.17) is 17.0 Å². The topological polar surface area (TPSA) is 42.1 Å².